The summed E-state index contributed by atoms with van der Waals surface area (Å²) in [5.74, 6) is -0.157. The molecule has 1 aromatic carbocycles. The summed E-state index contributed by atoms with van der Waals surface area (Å²) in [5.41, 5.74) is 1.64. The third kappa shape index (κ3) is 4.42. The van der Waals surface area contributed by atoms with Gasteiger partial charge in [-0.3, -0.25) is 0 Å². The van der Waals surface area contributed by atoms with E-state index in [-0.39, 0.29) is 18.0 Å². The lowest BCUT2D eigenvalue weighted by atomic mass is 10.1. The molecule has 1 aliphatic heterocycles. The third-order valence-corrected chi connectivity index (χ3v) is 4.14. The minimum Gasteiger partial charge on any atom is -0.376 e. The van der Waals surface area contributed by atoms with Crippen LogP contribution in [0.2, 0.25) is 0 Å². The molecular formula is C17H27FN2O. The minimum absolute atomic E-state index is 0.157. The van der Waals surface area contributed by atoms with E-state index < -0.39 is 0 Å². The van der Waals surface area contributed by atoms with Gasteiger partial charge in [-0.15, -0.1) is 0 Å². The van der Waals surface area contributed by atoms with Gasteiger partial charge in [-0.25, -0.2) is 4.39 Å². The highest BCUT2D eigenvalue weighted by Crippen LogP contribution is 2.24. The van der Waals surface area contributed by atoms with E-state index in [4.69, 9.17) is 4.74 Å². The first-order valence-corrected chi connectivity index (χ1v) is 7.97. The maximum absolute atomic E-state index is 14.3. The summed E-state index contributed by atoms with van der Waals surface area (Å²) in [4.78, 5) is 1.97. The summed E-state index contributed by atoms with van der Waals surface area (Å²) in [5, 5.41) is 3.30. The van der Waals surface area contributed by atoms with Crippen molar-refractivity contribution in [2.45, 2.75) is 45.3 Å². The molecule has 4 heteroatoms. The first-order chi connectivity index (χ1) is 10.1. The number of nitrogens with zero attached hydrogens (tertiary/aromatic N) is 1. The molecule has 0 amide bonds. The molecule has 118 valence electrons. The molecule has 3 nitrogen and oxygen atoms in total. The van der Waals surface area contributed by atoms with Gasteiger partial charge in [-0.2, -0.15) is 0 Å². The maximum Gasteiger partial charge on any atom is 0.146 e. The Kier molecular flexibility index (Phi) is 6.00. The molecule has 2 atom stereocenters. The first kappa shape index (κ1) is 16.2. The Labute approximate surface area is 127 Å². The number of hydrogen-bond donors (Lipinski definition) is 1. The lowest BCUT2D eigenvalue weighted by Crippen LogP contribution is -2.33. The van der Waals surface area contributed by atoms with E-state index >= 15 is 0 Å². The molecule has 1 N–H and O–H groups in total. The van der Waals surface area contributed by atoms with Gasteiger partial charge < -0.3 is 15.0 Å². The summed E-state index contributed by atoms with van der Waals surface area (Å²) in [6.07, 6.45) is 3.65. The Hall–Kier alpha value is -1.13. The second-order valence-electron chi connectivity index (χ2n) is 5.86. The molecule has 0 aromatic heterocycles. The van der Waals surface area contributed by atoms with Crippen molar-refractivity contribution in [2.75, 3.05) is 31.6 Å². The van der Waals surface area contributed by atoms with Crippen LogP contribution < -0.4 is 10.2 Å². The summed E-state index contributed by atoms with van der Waals surface area (Å²) < 4.78 is 20.1. The number of rotatable bonds is 6. The van der Waals surface area contributed by atoms with E-state index in [1.165, 1.54) is 6.42 Å². The monoisotopic (exact) mass is 294 g/mol. The van der Waals surface area contributed by atoms with Gasteiger partial charge in [0, 0.05) is 26.2 Å². The molecule has 2 rings (SSSR count). The van der Waals surface area contributed by atoms with Crippen LogP contribution in [-0.4, -0.2) is 32.8 Å². The lowest BCUT2D eigenvalue weighted by Gasteiger charge is -2.29. The van der Waals surface area contributed by atoms with Crippen molar-refractivity contribution in [1.29, 1.82) is 0 Å². The minimum atomic E-state index is -0.157. The van der Waals surface area contributed by atoms with E-state index in [1.54, 1.807) is 6.07 Å². The smallest absolute Gasteiger partial charge is 0.146 e. The van der Waals surface area contributed by atoms with Crippen LogP contribution in [0.15, 0.2) is 18.2 Å². The van der Waals surface area contributed by atoms with Crippen molar-refractivity contribution in [3.05, 3.63) is 29.6 Å². The van der Waals surface area contributed by atoms with E-state index in [9.17, 15) is 4.39 Å². The molecule has 1 aromatic rings. The Bertz CT molecular complexity index is 446. The molecule has 0 spiro atoms. The van der Waals surface area contributed by atoms with Gasteiger partial charge >= 0.3 is 0 Å². The lowest BCUT2D eigenvalue weighted by molar-refractivity contribution is 0.0215. The van der Waals surface area contributed by atoms with Crippen LogP contribution in [-0.2, 0) is 4.74 Å². The van der Waals surface area contributed by atoms with E-state index in [2.05, 4.69) is 19.2 Å². The molecule has 1 saturated heterocycles. The standard InChI is InChI=1S/C17H27FN2O/c1-4-19-13(2)14-8-9-17(16(18)11-14)20(3)12-15-7-5-6-10-21-15/h8-9,11,13,15,19H,4-7,10,12H2,1-3H3. The number of hydrogen-bond acceptors (Lipinski definition) is 3. The van der Waals surface area contributed by atoms with Gasteiger partial charge in [0.05, 0.1) is 11.8 Å². The van der Waals surface area contributed by atoms with Crippen LogP contribution >= 0.6 is 0 Å². The molecule has 21 heavy (non-hydrogen) atoms. The van der Waals surface area contributed by atoms with Gasteiger partial charge in [-0.1, -0.05) is 13.0 Å². The fourth-order valence-corrected chi connectivity index (χ4v) is 2.88. The van der Waals surface area contributed by atoms with E-state index in [0.717, 1.165) is 38.1 Å². The molecule has 1 heterocycles. The predicted octanol–water partition coefficient (Wildman–Crippen LogP) is 3.50. The van der Waals surface area contributed by atoms with E-state index in [0.29, 0.717) is 5.69 Å². The van der Waals surface area contributed by atoms with Crippen LogP contribution in [0.1, 0.15) is 44.7 Å². The topological polar surface area (TPSA) is 24.5 Å². The number of anilines is 1. The SMILES string of the molecule is CCNC(C)c1ccc(N(C)CC2CCCCO2)c(F)c1. The zero-order valence-electron chi connectivity index (χ0n) is 13.4. The van der Waals surface area contributed by atoms with Crippen molar-refractivity contribution in [2.24, 2.45) is 0 Å². The van der Waals surface area contributed by atoms with Crippen molar-refractivity contribution < 1.29 is 9.13 Å². The Morgan fingerprint density at radius 2 is 2.24 bits per heavy atom. The molecular weight excluding hydrogens is 267 g/mol. The highest BCUT2D eigenvalue weighted by molar-refractivity contribution is 5.49. The predicted molar refractivity (Wildman–Crippen MR) is 85.4 cm³/mol. The highest BCUT2D eigenvalue weighted by Gasteiger charge is 2.18. The van der Waals surface area contributed by atoms with Gasteiger partial charge in [0.2, 0.25) is 0 Å². The van der Waals surface area contributed by atoms with Crippen molar-refractivity contribution in [3.63, 3.8) is 0 Å². The largest absolute Gasteiger partial charge is 0.376 e. The number of nitrogens with one attached hydrogen (secondary N) is 1. The number of ether oxygens (including phenoxy) is 1. The van der Waals surface area contributed by atoms with Crippen LogP contribution in [0.3, 0.4) is 0 Å². The van der Waals surface area contributed by atoms with Gasteiger partial charge in [0.25, 0.3) is 0 Å². The summed E-state index contributed by atoms with van der Waals surface area (Å²) in [6, 6.07) is 5.69. The van der Waals surface area contributed by atoms with Crippen LogP contribution in [0.25, 0.3) is 0 Å². The molecule has 2 unspecified atom stereocenters. The van der Waals surface area contributed by atoms with Gasteiger partial charge in [0.15, 0.2) is 0 Å². The Morgan fingerprint density at radius 1 is 1.43 bits per heavy atom. The second kappa shape index (κ2) is 7.76. The van der Waals surface area contributed by atoms with Crippen LogP contribution in [0.4, 0.5) is 10.1 Å². The Morgan fingerprint density at radius 3 is 2.86 bits per heavy atom. The molecule has 0 saturated carbocycles. The second-order valence-corrected chi connectivity index (χ2v) is 5.86. The molecule has 1 aliphatic rings. The maximum atomic E-state index is 14.3. The van der Waals surface area contributed by atoms with Crippen molar-refractivity contribution in [3.8, 4) is 0 Å². The molecule has 0 radical (unpaired) electrons. The van der Waals surface area contributed by atoms with Gasteiger partial charge in [-0.05, 0) is 50.4 Å². The van der Waals surface area contributed by atoms with Crippen molar-refractivity contribution >= 4 is 5.69 Å². The normalized spacial score (nSPS) is 20.3. The molecule has 1 fully saturated rings. The number of likely N-dealkylation sites (N-methyl/N-ethyl adjacent to an activating group) is 1. The fourth-order valence-electron chi connectivity index (χ4n) is 2.88. The fraction of sp³-hybridized carbons (Fsp3) is 0.647. The summed E-state index contributed by atoms with van der Waals surface area (Å²) >= 11 is 0. The average Bonchev–Trinajstić information content (AvgIpc) is 2.48. The van der Waals surface area contributed by atoms with Crippen LogP contribution in [0.5, 0.6) is 0 Å². The zero-order chi connectivity index (χ0) is 15.2. The number of halogens is 1. The molecule has 0 bridgehead atoms. The van der Waals surface area contributed by atoms with Crippen LogP contribution in [0, 0.1) is 5.82 Å². The average molecular weight is 294 g/mol. The van der Waals surface area contributed by atoms with Gasteiger partial charge in [0.1, 0.15) is 5.82 Å². The zero-order valence-corrected chi connectivity index (χ0v) is 13.4. The first-order valence-electron chi connectivity index (χ1n) is 7.97. The summed E-state index contributed by atoms with van der Waals surface area (Å²) in [6.45, 7) is 6.57. The Balaban J connectivity index is 2.01. The highest BCUT2D eigenvalue weighted by atomic mass is 19.1. The molecule has 0 aliphatic carbocycles. The third-order valence-electron chi connectivity index (χ3n) is 4.14. The quantitative estimate of drug-likeness (QED) is 0.869. The van der Waals surface area contributed by atoms with E-state index in [1.807, 2.05) is 24.1 Å². The summed E-state index contributed by atoms with van der Waals surface area (Å²) in [7, 11) is 1.93. The van der Waals surface area contributed by atoms with Crippen molar-refractivity contribution in [1.82, 2.24) is 5.32 Å². The number of benzene rings is 1.